The van der Waals surface area contributed by atoms with E-state index in [-0.39, 0.29) is 23.8 Å². The highest BCUT2D eigenvalue weighted by molar-refractivity contribution is 5.97. The number of aliphatic hydroxyl groups excluding tert-OH is 1. The number of nitrogens with zero attached hydrogens (tertiary/aromatic N) is 2. The van der Waals surface area contributed by atoms with Gasteiger partial charge in [-0.2, -0.15) is 0 Å². The molecule has 1 fully saturated rings. The van der Waals surface area contributed by atoms with Crippen molar-refractivity contribution >= 4 is 11.8 Å². The fourth-order valence-corrected chi connectivity index (χ4v) is 4.76. The van der Waals surface area contributed by atoms with E-state index >= 15 is 0 Å². The molecule has 1 N–H and O–H groups in total. The van der Waals surface area contributed by atoms with E-state index in [4.69, 9.17) is 4.74 Å². The Morgan fingerprint density at radius 3 is 2.38 bits per heavy atom. The maximum atomic E-state index is 13.2. The first-order valence-corrected chi connectivity index (χ1v) is 11.6. The largest absolute Gasteiger partial charge is 0.491 e. The van der Waals surface area contributed by atoms with Gasteiger partial charge in [-0.1, -0.05) is 36.8 Å². The van der Waals surface area contributed by atoms with Crippen LogP contribution in [0.3, 0.4) is 0 Å². The molecular formula is C26H32N2O4. The highest BCUT2D eigenvalue weighted by Crippen LogP contribution is 2.37. The summed E-state index contributed by atoms with van der Waals surface area (Å²) in [6.45, 7) is 2.85. The molecule has 0 spiro atoms. The van der Waals surface area contributed by atoms with E-state index in [1.165, 1.54) is 0 Å². The Bertz CT molecular complexity index is 922. The Labute approximate surface area is 189 Å². The predicted molar refractivity (Wildman–Crippen MR) is 123 cm³/mol. The topological polar surface area (TPSA) is 70.1 Å². The highest BCUT2D eigenvalue weighted by atomic mass is 16.5. The molecule has 0 aliphatic carbocycles. The van der Waals surface area contributed by atoms with Crippen molar-refractivity contribution in [3.63, 3.8) is 0 Å². The van der Waals surface area contributed by atoms with Crippen molar-refractivity contribution in [3.8, 4) is 5.75 Å². The molecule has 0 unspecified atom stereocenters. The van der Waals surface area contributed by atoms with Crippen LogP contribution in [0.1, 0.15) is 52.8 Å². The number of para-hydroxylation sites is 1. The Morgan fingerprint density at radius 1 is 0.906 bits per heavy atom. The van der Waals surface area contributed by atoms with Crippen LogP contribution in [0.2, 0.25) is 0 Å². The van der Waals surface area contributed by atoms with Crippen molar-refractivity contribution in [2.24, 2.45) is 5.41 Å². The molecule has 32 heavy (non-hydrogen) atoms. The lowest BCUT2D eigenvalue weighted by Crippen LogP contribution is -2.44. The number of hydrogen-bond acceptors (Lipinski definition) is 4. The van der Waals surface area contributed by atoms with E-state index < -0.39 is 0 Å². The van der Waals surface area contributed by atoms with Crippen LogP contribution < -0.4 is 4.74 Å². The standard InChI is InChI=1S/C26H32N2O4/c29-20-26-12-6-7-15-27(24(30)21-8-2-1-3-9-21)18-19-32-23-11-5-4-10-22(23)25(31)28(16-13-26)17-14-26/h1-5,8-11,29H,6-7,12-20H2. The number of rotatable bonds is 2. The molecule has 2 aromatic carbocycles. The summed E-state index contributed by atoms with van der Waals surface area (Å²) in [5, 5.41) is 10.1. The summed E-state index contributed by atoms with van der Waals surface area (Å²) in [7, 11) is 0. The first kappa shape index (κ1) is 22.3. The first-order valence-electron chi connectivity index (χ1n) is 11.6. The molecule has 1 saturated heterocycles. The number of piperidine rings is 1. The fraction of sp³-hybridized carbons (Fsp3) is 0.462. The molecule has 5 rings (SSSR count). The molecule has 6 heteroatoms. The Kier molecular flexibility index (Phi) is 7.10. The number of amides is 2. The lowest BCUT2D eigenvalue weighted by molar-refractivity contribution is 0.0297. The maximum Gasteiger partial charge on any atom is 0.257 e. The number of carbonyl (C=O) groups is 2. The fourth-order valence-electron chi connectivity index (χ4n) is 4.76. The highest BCUT2D eigenvalue weighted by Gasteiger charge is 2.36. The summed E-state index contributed by atoms with van der Waals surface area (Å²) in [6, 6.07) is 16.6. The molecule has 0 saturated carbocycles. The van der Waals surface area contributed by atoms with E-state index in [9.17, 15) is 14.7 Å². The molecular weight excluding hydrogens is 404 g/mol. The SMILES string of the molecule is O=C(c1ccccc1)N1CCCCC2(CO)CCN(CC2)C(=O)c2ccccc2OCC1. The first-order chi connectivity index (χ1) is 15.6. The van der Waals surface area contributed by atoms with Crippen LogP contribution >= 0.6 is 0 Å². The van der Waals surface area contributed by atoms with Crippen LogP contribution in [0, 0.1) is 5.41 Å². The molecule has 2 amide bonds. The lowest BCUT2D eigenvalue weighted by Gasteiger charge is -2.41. The van der Waals surface area contributed by atoms with Gasteiger partial charge in [-0.15, -0.1) is 0 Å². The summed E-state index contributed by atoms with van der Waals surface area (Å²) in [5.41, 5.74) is 1.08. The average molecular weight is 437 g/mol. The second kappa shape index (κ2) is 10.2. The van der Waals surface area contributed by atoms with Crippen molar-refractivity contribution in [2.75, 3.05) is 39.4 Å². The number of aliphatic hydroxyl groups is 1. The minimum atomic E-state index is -0.138. The number of ether oxygens (including phenoxy) is 1. The van der Waals surface area contributed by atoms with Gasteiger partial charge in [-0.05, 0) is 55.4 Å². The maximum absolute atomic E-state index is 13.2. The van der Waals surface area contributed by atoms with E-state index in [1.807, 2.05) is 58.3 Å². The van der Waals surface area contributed by atoms with Crippen LogP contribution in [0.4, 0.5) is 0 Å². The van der Waals surface area contributed by atoms with Crippen LogP contribution in [-0.4, -0.2) is 66.1 Å². The molecule has 3 aliphatic rings. The monoisotopic (exact) mass is 436 g/mol. The molecule has 0 radical (unpaired) electrons. The molecule has 0 atom stereocenters. The van der Waals surface area contributed by atoms with Gasteiger partial charge in [0, 0.05) is 31.8 Å². The predicted octanol–water partition coefficient (Wildman–Crippen LogP) is 3.61. The van der Waals surface area contributed by atoms with E-state index in [0.717, 1.165) is 32.1 Å². The Hall–Kier alpha value is -2.86. The zero-order chi connectivity index (χ0) is 22.4. The van der Waals surface area contributed by atoms with Gasteiger partial charge in [0.05, 0.1) is 12.1 Å². The molecule has 3 aliphatic heterocycles. The molecule has 3 heterocycles. The number of benzene rings is 2. The smallest absolute Gasteiger partial charge is 0.257 e. The Morgan fingerprint density at radius 2 is 1.62 bits per heavy atom. The van der Waals surface area contributed by atoms with Gasteiger partial charge in [0.2, 0.25) is 0 Å². The summed E-state index contributed by atoms with van der Waals surface area (Å²) < 4.78 is 6.02. The third kappa shape index (κ3) is 4.96. The number of fused-ring (bicyclic) bond motifs is 9. The number of carbonyl (C=O) groups excluding carboxylic acids is 2. The third-order valence-corrected chi connectivity index (χ3v) is 6.88. The normalized spacial score (nSPS) is 19.5. The van der Waals surface area contributed by atoms with Gasteiger partial charge in [-0.3, -0.25) is 9.59 Å². The van der Waals surface area contributed by atoms with Crippen molar-refractivity contribution in [1.82, 2.24) is 9.80 Å². The van der Waals surface area contributed by atoms with Crippen molar-refractivity contribution in [1.29, 1.82) is 0 Å². The van der Waals surface area contributed by atoms with Gasteiger partial charge >= 0.3 is 0 Å². The molecule has 170 valence electrons. The quantitative estimate of drug-likeness (QED) is 0.781. The zero-order valence-corrected chi connectivity index (χ0v) is 18.5. The average Bonchev–Trinajstić information content (AvgIpc) is 2.86. The van der Waals surface area contributed by atoms with Crippen LogP contribution in [-0.2, 0) is 0 Å². The van der Waals surface area contributed by atoms with E-state index in [0.29, 0.717) is 49.7 Å². The van der Waals surface area contributed by atoms with E-state index in [1.54, 1.807) is 6.07 Å². The number of hydrogen-bond donors (Lipinski definition) is 1. The lowest BCUT2D eigenvalue weighted by atomic mass is 9.75. The van der Waals surface area contributed by atoms with Gasteiger partial charge < -0.3 is 19.6 Å². The molecule has 2 bridgehead atoms. The molecule has 0 aromatic heterocycles. The van der Waals surface area contributed by atoms with E-state index in [2.05, 4.69) is 0 Å². The minimum absolute atomic E-state index is 0.00760. The van der Waals surface area contributed by atoms with Gasteiger partial charge in [0.25, 0.3) is 11.8 Å². The summed E-state index contributed by atoms with van der Waals surface area (Å²) in [6.07, 6.45) is 4.32. The zero-order valence-electron chi connectivity index (χ0n) is 18.5. The molecule has 2 aromatic rings. The third-order valence-electron chi connectivity index (χ3n) is 6.88. The van der Waals surface area contributed by atoms with Gasteiger partial charge in [0.1, 0.15) is 12.4 Å². The molecule has 6 nitrogen and oxygen atoms in total. The Balaban J connectivity index is 1.57. The second-order valence-electron chi connectivity index (χ2n) is 8.91. The summed E-state index contributed by atoms with van der Waals surface area (Å²) >= 11 is 0. The van der Waals surface area contributed by atoms with Crippen LogP contribution in [0.15, 0.2) is 54.6 Å². The summed E-state index contributed by atoms with van der Waals surface area (Å²) in [4.78, 5) is 30.0. The van der Waals surface area contributed by atoms with Crippen LogP contribution in [0.5, 0.6) is 5.75 Å². The van der Waals surface area contributed by atoms with Gasteiger partial charge in [-0.25, -0.2) is 0 Å². The minimum Gasteiger partial charge on any atom is -0.491 e. The van der Waals surface area contributed by atoms with Crippen molar-refractivity contribution in [3.05, 3.63) is 65.7 Å². The van der Waals surface area contributed by atoms with Crippen LogP contribution in [0.25, 0.3) is 0 Å². The van der Waals surface area contributed by atoms with Crippen molar-refractivity contribution < 1.29 is 19.4 Å². The second-order valence-corrected chi connectivity index (χ2v) is 8.91. The van der Waals surface area contributed by atoms with Gasteiger partial charge in [0.15, 0.2) is 0 Å². The summed E-state index contributed by atoms with van der Waals surface area (Å²) in [5.74, 6) is 0.518. The van der Waals surface area contributed by atoms with Crippen molar-refractivity contribution in [2.45, 2.75) is 32.1 Å².